The minimum absolute atomic E-state index is 0.182. The zero-order valence-electron chi connectivity index (χ0n) is 9.22. The van der Waals surface area contributed by atoms with Crippen molar-refractivity contribution in [2.24, 2.45) is 4.99 Å². The number of thioether (sulfide) groups is 1. The number of aliphatic imine (C=N–C) groups is 1. The number of nitrogens with zero attached hydrogens (tertiary/aromatic N) is 3. The molecule has 0 saturated heterocycles. The van der Waals surface area contributed by atoms with E-state index >= 15 is 0 Å². The van der Waals surface area contributed by atoms with Gasteiger partial charge in [-0.05, 0) is 34.8 Å². The Morgan fingerprint density at radius 1 is 1.39 bits per heavy atom. The highest BCUT2D eigenvalue weighted by Crippen LogP contribution is 2.30. The van der Waals surface area contributed by atoms with Gasteiger partial charge < -0.3 is 5.73 Å². The van der Waals surface area contributed by atoms with E-state index in [1.165, 1.54) is 11.8 Å². The fourth-order valence-corrected chi connectivity index (χ4v) is 2.07. The lowest BCUT2D eigenvalue weighted by atomic mass is 10.3. The average molecular weight is 303 g/mol. The maximum absolute atomic E-state index is 6.03. The number of nitrogens with two attached hydrogens (primary N) is 1. The number of benzene rings is 1. The molecule has 0 aliphatic rings. The SMILES string of the molecule is CS/C(=N\c1cc(Cl)ccc1Cl)c1nonc1N. The van der Waals surface area contributed by atoms with Crippen molar-refractivity contribution in [3.05, 3.63) is 33.9 Å². The van der Waals surface area contributed by atoms with E-state index in [1.54, 1.807) is 18.2 Å². The fraction of sp³-hybridized carbons (Fsp3) is 0.100. The Labute approximate surface area is 117 Å². The average Bonchev–Trinajstić information content (AvgIpc) is 2.77. The number of aromatic nitrogens is 2. The van der Waals surface area contributed by atoms with Gasteiger partial charge >= 0.3 is 0 Å². The lowest BCUT2D eigenvalue weighted by Crippen LogP contribution is -2.00. The maximum atomic E-state index is 6.03. The molecule has 0 fully saturated rings. The monoisotopic (exact) mass is 302 g/mol. The first-order valence-corrected chi connectivity index (χ1v) is 6.76. The van der Waals surface area contributed by atoms with Crippen LogP contribution in [0, 0.1) is 0 Å². The second-order valence-corrected chi connectivity index (χ2v) is 4.85. The molecule has 94 valence electrons. The van der Waals surface area contributed by atoms with Crippen LogP contribution in [0.15, 0.2) is 27.8 Å². The third-order valence-corrected chi connectivity index (χ3v) is 3.27. The van der Waals surface area contributed by atoms with Crippen molar-refractivity contribution in [3.63, 3.8) is 0 Å². The Balaban J connectivity index is 2.47. The Hall–Kier alpha value is -1.24. The van der Waals surface area contributed by atoms with Gasteiger partial charge in [-0.15, -0.1) is 11.8 Å². The smallest absolute Gasteiger partial charge is 0.198 e. The standard InChI is InChI=1S/C10H8Cl2N4OS/c1-18-10(8-9(13)16-17-15-8)14-7-4-5(11)2-3-6(7)12/h2-4H,1H3,(H2,13,16)/b14-10-. The molecule has 2 N–H and O–H groups in total. The summed E-state index contributed by atoms with van der Waals surface area (Å²) >= 11 is 13.3. The molecule has 0 radical (unpaired) electrons. The third kappa shape index (κ3) is 2.77. The van der Waals surface area contributed by atoms with Crippen molar-refractivity contribution in [1.82, 2.24) is 10.3 Å². The number of rotatable bonds is 2. The molecular formula is C10H8Cl2N4OS. The Morgan fingerprint density at radius 2 is 2.17 bits per heavy atom. The van der Waals surface area contributed by atoms with E-state index in [2.05, 4.69) is 19.9 Å². The zero-order chi connectivity index (χ0) is 13.1. The van der Waals surface area contributed by atoms with E-state index in [1.807, 2.05) is 6.26 Å². The van der Waals surface area contributed by atoms with Crippen molar-refractivity contribution in [3.8, 4) is 0 Å². The van der Waals surface area contributed by atoms with E-state index in [0.717, 1.165) is 0 Å². The number of hydrogen-bond donors (Lipinski definition) is 1. The van der Waals surface area contributed by atoms with Crippen LogP contribution in [0.1, 0.15) is 5.69 Å². The maximum Gasteiger partial charge on any atom is 0.198 e. The summed E-state index contributed by atoms with van der Waals surface area (Å²) in [6.07, 6.45) is 1.84. The van der Waals surface area contributed by atoms with Crippen molar-refractivity contribution < 1.29 is 4.63 Å². The molecule has 1 aromatic carbocycles. The number of halogens is 2. The first-order chi connectivity index (χ1) is 8.61. The minimum atomic E-state index is 0.182. The molecule has 0 bridgehead atoms. The second-order valence-electron chi connectivity index (χ2n) is 3.21. The predicted molar refractivity (Wildman–Crippen MR) is 74.9 cm³/mol. The molecule has 5 nitrogen and oxygen atoms in total. The van der Waals surface area contributed by atoms with Gasteiger partial charge in [-0.2, -0.15) is 0 Å². The van der Waals surface area contributed by atoms with Crippen LogP contribution in [0.2, 0.25) is 10.0 Å². The Morgan fingerprint density at radius 3 is 2.78 bits per heavy atom. The van der Waals surface area contributed by atoms with Gasteiger partial charge in [0.15, 0.2) is 11.5 Å². The van der Waals surface area contributed by atoms with Gasteiger partial charge in [0, 0.05) is 5.02 Å². The normalized spacial score (nSPS) is 11.8. The van der Waals surface area contributed by atoms with E-state index in [-0.39, 0.29) is 5.82 Å². The zero-order valence-corrected chi connectivity index (χ0v) is 11.6. The van der Waals surface area contributed by atoms with Crippen molar-refractivity contribution in [2.45, 2.75) is 0 Å². The topological polar surface area (TPSA) is 77.3 Å². The molecule has 0 aliphatic carbocycles. The summed E-state index contributed by atoms with van der Waals surface area (Å²) in [7, 11) is 0. The molecule has 0 spiro atoms. The summed E-state index contributed by atoms with van der Waals surface area (Å²) in [5.41, 5.74) is 6.54. The van der Waals surface area contributed by atoms with Gasteiger partial charge in [0.25, 0.3) is 0 Å². The summed E-state index contributed by atoms with van der Waals surface area (Å²) in [5, 5.41) is 8.79. The van der Waals surface area contributed by atoms with Gasteiger partial charge in [0.1, 0.15) is 5.04 Å². The van der Waals surface area contributed by atoms with Crippen molar-refractivity contribution >= 4 is 51.5 Å². The lowest BCUT2D eigenvalue weighted by Gasteiger charge is -2.02. The minimum Gasteiger partial charge on any atom is -0.379 e. The summed E-state index contributed by atoms with van der Waals surface area (Å²) in [5.74, 6) is 0.182. The first-order valence-electron chi connectivity index (χ1n) is 4.78. The molecule has 8 heteroatoms. The highest BCUT2D eigenvalue weighted by atomic mass is 35.5. The molecule has 0 amide bonds. The lowest BCUT2D eigenvalue weighted by molar-refractivity contribution is 0.308. The Bertz CT molecular complexity index is 599. The number of hydrogen-bond acceptors (Lipinski definition) is 6. The summed E-state index contributed by atoms with van der Waals surface area (Å²) in [6, 6.07) is 5.02. The highest BCUT2D eigenvalue weighted by molar-refractivity contribution is 8.13. The van der Waals surface area contributed by atoms with Crippen molar-refractivity contribution in [2.75, 3.05) is 12.0 Å². The van der Waals surface area contributed by atoms with Crippen molar-refractivity contribution in [1.29, 1.82) is 0 Å². The largest absolute Gasteiger partial charge is 0.379 e. The molecule has 0 saturated carbocycles. The summed E-state index contributed by atoms with van der Waals surface area (Å²) in [6.45, 7) is 0. The molecule has 18 heavy (non-hydrogen) atoms. The first kappa shape index (κ1) is 13.2. The molecule has 2 rings (SSSR count). The molecule has 1 heterocycles. The fourth-order valence-electron chi connectivity index (χ4n) is 1.22. The van der Waals surface area contributed by atoms with Crippen LogP contribution < -0.4 is 5.73 Å². The van der Waals surface area contributed by atoms with Gasteiger partial charge in [-0.3, -0.25) is 0 Å². The molecule has 2 aromatic rings. The van der Waals surface area contributed by atoms with Crippen LogP contribution in [0.3, 0.4) is 0 Å². The van der Waals surface area contributed by atoms with Crippen LogP contribution in [0.5, 0.6) is 0 Å². The van der Waals surface area contributed by atoms with Crippen LogP contribution >= 0.6 is 35.0 Å². The molecular weight excluding hydrogens is 295 g/mol. The van der Waals surface area contributed by atoms with Gasteiger partial charge in [-0.25, -0.2) is 9.62 Å². The summed E-state index contributed by atoms with van der Waals surface area (Å²) in [4.78, 5) is 4.36. The molecule has 1 aromatic heterocycles. The number of nitrogen functional groups attached to an aromatic ring is 1. The highest BCUT2D eigenvalue weighted by Gasteiger charge is 2.14. The molecule has 0 aliphatic heterocycles. The molecule has 0 unspecified atom stereocenters. The van der Waals surface area contributed by atoms with Crippen LogP contribution in [-0.4, -0.2) is 21.6 Å². The second kappa shape index (κ2) is 5.60. The summed E-state index contributed by atoms with van der Waals surface area (Å²) < 4.78 is 4.54. The quantitative estimate of drug-likeness (QED) is 0.679. The predicted octanol–water partition coefficient (Wildman–Crippen LogP) is 3.40. The van der Waals surface area contributed by atoms with Gasteiger partial charge in [-0.1, -0.05) is 23.2 Å². The van der Waals surface area contributed by atoms with Crippen LogP contribution in [0.4, 0.5) is 11.5 Å². The Kier molecular flexibility index (Phi) is 4.11. The number of anilines is 1. The van der Waals surface area contributed by atoms with E-state index in [9.17, 15) is 0 Å². The van der Waals surface area contributed by atoms with E-state index in [4.69, 9.17) is 28.9 Å². The van der Waals surface area contributed by atoms with Gasteiger partial charge in [0.05, 0.1) is 10.7 Å². The molecule has 0 atom stereocenters. The van der Waals surface area contributed by atoms with E-state index < -0.39 is 0 Å². The van der Waals surface area contributed by atoms with Gasteiger partial charge in [0.2, 0.25) is 0 Å². The van der Waals surface area contributed by atoms with E-state index in [0.29, 0.717) is 26.5 Å². The van der Waals surface area contributed by atoms with Crippen LogP contribution in [-0.2, 0) is 0 Å². The third-order valence-electron chi connectivity index (χ3n) is 2.04. The van der Waals surface area contributed by atoms with Crippen LogP contribution in [0.25, 0.3) is 0 Å².